The van der Waals surface area contributed by atoms with Crippen LogP contribution in [0.1, 0.15) is 22.3 Å². The second-order valence-electron chi connectivity index (χ2n) is 7.69. The van der Waals surface area contributed by atoms with Crippen molar-refractivity contribution in [1.82, 2.24) is 10.9 Å². The molecule has 4 N–H and O–H groups in total. The van der Waals surface area contributed by atoms with Gasteiger partial charge < -0.3 is 10.6 Å². The zero-order valence-electron chi connectivity index (χ0n) is 19.2. The van der Waals surface area contributed by atoms with Crippen LogP contribution < -0.4 is 21.5 Å². The number of carbonyl (C=O) groups is 2. The lowest BCUT2D eigenvalue weighted by molar-refractivity contribution is -0.120. The molecule has 174 valence electrons. The number of nitrogens with zero attached hydrogens (tertiary/aromatic N) is 2. The normalized spacial score (nSPS) is 10.9. The summed E-state index contributed by atoms with van der Waals surface area (Å²) in [5.41, 5.74) is 10.7. The molecule has 8 heteroatoms. The smallest absolute Gasteiger partial charge is 0.259 e. The Morgan fingerprint density at radius 3 is 1.32 bits per heavy atom. The molecule has 0 aliphatic rings. The SMILES string of the molecule is Cc1ccc(NCC(=O)NN=Cc2ccc(C=NNC(=O)CNc3ccc(C)cc3)cc2)cc1. The molecule has 0 fully saturated rings. The molecule has 0 unspecified atom stereocenters. The number of anilines is 2. The van der Waals surface area contributed by atoms with Crippen molar-refractivity contribution in [2.75, 3.05) is 23.7 Å². The van der Waals surface area contributed by atoms with E-state index in [0.29, 0.717) is 0 Å². The third-order valence-electron chi connectivity index (χ3n) is 4.75. The summed E-state index contributed by atoms with van der Waals surface area (Å²) in [5, 5.41) is 14.0. The van der Waals surface area contributed by atoms with Gasteiger partial charge in [-0.2, -0.15) is 10.2 Å². The number of aryl methyl sites for hydroxylation is 2. The van der Waals surface area contributed by atoms with Gasteiger partial charge in [-0.1, -0.05) is 59.7 Å². The Kier molecular flexibility index (Phi) is 8.92. The van der Waals surface area contributed by atoms with Gasteiger partial charge >= 0.3 is 0 Å². The zero-order chi connectivity index (χ0) is 24.2. The van der Waals surface area contributed by atoms with Crippen molar-refractivity contribution in [2.24, 2.45) is 10.2 Å². The van der Waals surface area contributed by atoms with Crippen LogP contribution in [-0.4, -0.2) is 37.3 Å². The Balaban J connectivity index is 1.36. The number of rotatable bonds is 10. The summed E-state index contributed by atoms with van der Waals surface area (Å²) < 4.78 is 0. The molecule has 0 spiro atoms. The minimum atomic E-state index is -0.242. The summed E-state index contributed by atoms with van der Waals surface area (Å²) in [4.78, 5) is 23.8. The molecule has 8 nitrogen and oxygen atoms in total. The zero-order valence-corrected chi connectivity index (χ0v) is 19.2. The molecular formula is C26H28N6O2. The van der Waals surface area contributed by atoms with Crippen molar-refractivity contribution >= 4 is 35.6 Å². The molecule has 0 bridgehead atoms. The number of amides is 2. The van der Waals surface area contributed by atoms with Crippen molar-refractivity contribution in [2.45, 2.75) is 13.8 Å². The van der Waals surface area contributed by atoms with Gasteiger partial charge in [-0.15, -0.1) is 0 Å². The minimum Gasteiger partial charge on any atom is -0.376 e. The van der Waals surface area contributed by atoms with E-state index in [0.717, 1.165) is 33.6 Å². The minimum absolute atomic E-state index is 0.127. The summed E-state index contributed by atoms with van der Waals surface area (Å²) >= 11 is 0. The average Bonchev–Trinajstić information content (AvgIpc) is 2.84. The van der Waals surface area contributed by atoms with Crippen LogP contribution in [0.2, 0.25) is 0 Å². The second kappa shape index (κ2) is 12.5. The van der Waals surface area contributed by atoms with E-state index in [9.17, 15) is 9.59 Å². The summed E-state index contributed by atoms with van der Waals surface area (Å²) in [6.07, 6.45) is 3.12. The van der Waals surface area contributed by atoms with E-state index in [1.54, 1.807) is 12.4 Å². The topological polar surface area (TPSA) is 107 Å². The molecule has 3 aromatic carbocycles. The van der Waals surface area contributed by atoms with Crippen molar-refractivity contribution in [3.63, 3.8) is 0 Å². The van der Waals surface area contributed by atoms with Gasteiger partial charge in [-0.3, -0.25) is 9.59 Å². The van der Waals surface area contributed by atoms with E-state index in [4.69, 9.17) is 0 Å². The van der Waals surface area contributed by atoms with Crippen molar-refractivity contribution in [3.05, 3.63) is 95.1 Å². The second-order valence-corrected chi connectivity index (χ2v) is 7.69. The van der Waals surface area contributed by atoms with E-state index < -0.39 is 0 Å². The molecule has 0 aliphatic carbocycles. The fourth-order valence-corrected chi connectivity index (χ4v) is 2.81. The van der Waals surface area contributed by atoms with Crippen molar-refractivity contribution in [3.8, 4) is 0 Å². The maximum absolute atomic E-state index is 11.9. The van der Waals surface area contributed by atoms with Crippen LogP contribution in [0, 0.1) is 13.8 Å². The van der Waals surface area contributed by atoms with Crippen LogP contribution in [0.5, 0.6) is 0 Å². The Morgan fingerprint density at radius 1 is 0.618 bits per heavy atom. The number of hydrogen-bond donors (Lipinski definition) is 4. The van der Waals surface area contributed by atoms with Crippen molar-refractivity contribution in [1.29, 1.82) is 0 Å². The lowest BCUT2D eigenvalue weighted by atomic mass is 10.2. The van der Waals surface area contributed by atoms with Gasteiger partial charge in [0.2, 0.25) is 0 Å². The van der Waals surface area contributed by atoms with Gasteiger partial charge in [-0.25, -0.2) is 10.9 Å². The Labute approximate surface area is 199 Å². The van der Waals surface area contributed by atoms with Crippen molar-refractivity contribution < 1.29 is 9.59 Å². The van der Waals surface area contributed by atoms with Crippen LogP contribution in [0.15, 0.2) is 83.0 Å². The molecule has 0 radical (unpaired) electrons. The highest BCUT2D eigenvalue weighted by atomic mass is 16.2. The first kappa shape index (κ1) is 24.2. The molecule has 0 saturated heterocycles. The Morgan fingerprint density at radius 2 is 0.971 bits per heavy atom. The number of carbonyl (C=O) groups excluding carboxylic acids is 2. The van der Waals surface area contributed by atoms with Gasteiger partial charge in [0.15, 0.2) is 0 Å². The summed E-state index contributed by atoms with van der Waals surface area (Å²) in [5.74, 6) is -0.485. The maximum Gasteiger partial charge on any atom is 0.259 e. The molecule has 0 aliphatic heterocycles. The molecule has 2 amide bonds. The summed E-state index contributed by atoms with van der Waals surface area (Å²) in [7, 11) is 0. The molecule has 0 heterocycles. The first-order valence-electron chi connectivity index (χ1n) is 10.8. The number of hydrazone groups is 2. The van der Waals surface area contributed by atoms with Gasteiger partial charge in [0.25, 0.3) is 11.8 Å². The lowest BCUT2D eigenvalue weighted by Crippen LogP contribution is -2.25. The molecular weight excluding hydrogens is 428 g/mol. The fraction of sp³-hybridized carbons (Fsp3) is 0.154. The van der Waals surface area contributed by atoms with E-state index in [1.165, 1.54) is 0 Å². The van der Waals surface area contributed by atoms with Crippen LogP contribution >= 0.6 is 0 Å². The van der Waals surface area contributed by atoms with Gasteiger partial charge in [0.05, 0.1) is 25.5 Å². The predicted molar refractivity (Wildman–Crippen MR) is 137 cm³/mol. The molecule has 3 rings (SSSR count). The van der Waals surface area contributed by atoms with Crippen LogP contribution in [-0.2, 0) is 9.59 Å². The van der Waals surface area contributed by atoms with Crippen LogP contribution in [0.3, 0.4) is 0 Å². The number of nitrogens with one attached hydrogen (secondary N) is 4. The predicted octanol–water partition coefficient (Wildman–Crippen LogP) is 3.43. The van der Waals surface area contributed by atoms with E-state index in [-0.39, 0.29) is 24.9 Å². The molecule has 0 saturated carbocycles. The van der Waals surface area contributed by atoms with Gasteiger partial charge in [0, 0.05) is 11.4 Å². The Hall–Kier alpha value is -4.46. The lowest BCUT2D eigenvalue weighted by Gasteiger charge is -2.05. The third-order valence-corrected chi connectivity index (χ3v) is 4.75. The highest BCUT2D eigenvalue weighted by Gasteiger charge is 2.00. The summed E-state index contributed by atoms with van der Waals surface area (Å²) in [6, 6.07) is 22.9. The Bertz CT molecular complexity index is 1040. The number of benzene rings is 3. The molecule has 3 aromatic rings. The maximum atomic E-state index is 11.9. The quantitative estimate of drug-likeness (QED) is 0.277. The van der Waals surface area contributed by atoms with Crippen LogP contribution in [0.4, 0.5) is 11.4 Å². The monoisotopic (exact) mass is 456 g/mol. The highest BCUT2D eigenvalue weighted by molar-refractivity contribution is 5.87. The standard InChI is InChI=1S/C26H28N6O2/c1-19-3-11-23(12-4-19)27-17-25(33)31-29-15-21-7-9-22(10-8-21)16-30-32-26(34)18-28-24-13-5-20(2)6-14-24/h3-16,27-28H,17-18H2,1-2H3,(H,31,33)(H,32,34). The molecule has 0 atom stereocenters. The first-order valence-corrected chi connectivity index (χ1v) is 10.8. The van der Waals surface area contributed by atoms with Gasteiger partial charge in [-0.05, 0) is 49.2 Å². The molecule has 0 aromatic heterocycles. The highest BCUT2D eigenvalue weighted by Crippen LogP contribution is 2.08. The summed E-state index contributed by atoms with van der Waals surface area (Å²) in [6.45, 7) is 4.27. The third kappa shape index (κ3) is 8.58. The fourth-order valence-electron chi connectivity index (χ4n) is 2.81. The first-order chi connectivity index (χ1) is 16.5. The van der Waals surface area contributed by atoms with Crippen LogP contribution in [0.25, 0.3) is 0 Å². The average molecular weight is 457 g/mol. The largest absolute Gasteiger partial charge is 0.376 e. The van der Waals surface area contributed by atoms with Gasteiger partial charge in [0.1, 0.15) is 0 Å². The van der Waals surface area contributed by atoms with E-state index in [1.807, 2.05) is 86.6 Å². The van der Waals surface area contributed by atoms with E-state index >= 15 is 0 Å². The molecule has 34 heavy (non-hydrogen) atoms. The number of hydrogen-bond acceptors (Lipinski definition) is 6. The van der Waals surface area contributed by atoms with E-state index in [2.05, 4.69) is 31.7 Å².